The van der Waals surface area contributed by atoms with Crippen molar-refractivity contribution in [3.8, 4) is 22.8 Å². The topological polar surface area (TPSA) is 86.4 Å². The van der Waals surface area contributed by atoms with Crippen molar-refractivity contribution in [2.75, 3.05) is 19.6 Å². The van der Waals surface area contributed by atoms with Crippen LogP contribution in [0.2, 0.25) is 0 Å². The van der Waals surface area contributed by atoms with Gasteiger partial charge in [0.25, 0.3) is 0 Å². The summed E-state index contributed by atoms with van der Waals surface area (Å²) in [7, 11) is 0. The van der Waals surface area contributed by atoms with Crippen LogP contribution in [-0.4, -0.2) is 54.7 Å². The van der Waals surface area contributed by atoms with Crippen molar-refractivity contribution >= 4 is 27.5 Å². The Kier molecular flexibility index (Phi) is 6.39. The van der Waals surface area contributed by atoms with Gasteiger partial charge in [-0.15, -0.1) is 0 Å². The van der Waals surface area contributed by atoms with Crippen molar-refractivity contribution in [1.82, 2.24) is 35.0 Å². The average molecular weight is 506 g/mol. The number of aromatic nitrogens is 6. The smallest absolute Gasteiger partial charge is 0.159 e. The van der Waals surface area contributed by atoms with Gasteiger partial charge < -0.3 is 4.98 Å². The molecule has 6 rings (SSSR count). The number of allylic oxidation sites excluding steroid dienone is 3. The summed E-state index contributed by atoms with van der Waals surface area (Å²) in [4.78, 5) is 19.2. The first kappa shape index (κ1) is 23.9. The lowest BCUT2D eigenvalue weighted by Crippen LogP contribution is -2.21. The van der Waals surface area contributed by atoms with Crippen molar-refractivity contribution in [1.29, 1.82) is 0 Å². The molecule has 0 spiro atoms. The van der Waals surface area contributed by atoms with E-state index in [1.165, 1.54) is 12.8 Å². The van der Waals surface area contributed by atoms with E-state index in [9.17, 15) is 0 Å². The minimum absolute atomic E-state index is 0.341. The fourth-order valence-electron chi connectivity index (χ4n) is 5.11. The first-order valence-corrected chi connectivity index (χ1v) is 12.8. The Bertz CT molecular complexity index is 1690. The van der Waals surface area contributed by atoms with Gasteiger partial charge in [-0.3, -0.25) is 20.0 Å². The quantitative estimate of drug-likeness (QED) is 0.253. The number of nitrogens with one attached hydrogen (secondary N) is 2. The lowest BCUT2D eigenvalue weighted by Gasteiger charge is -2.16. The molecule has 0 amide bonds. The predicted octanol–water partition coefficient (Wildman–Crippen LogP) is 6.31. The molecule has 1 aliphatic rings. The van der Waals surface area contributed by atoms with E-state index in [-0.39, 0.29) is 5.82 Å². The summed E-state index contributed by atoms with van der Waals surface area (Å²) >= 11 is 0. The lowest BCUT2D eigenvalue weighted by atomic mass is 9.99. The average Bonchev–Trinajstić information content (AvgIpc) is 3.71. The number of hydrogen-bond acceptors (Lipinski definition) is 5. The number of likely N-dealkylation sites (tertiary alicyclic amines) is 1. The van der Waals surface area contributed by atoms with E-state index in [0.29, 0.717) is 39.2 Å². The van der Waals surface area contributed by atoms with Gasteiger partial charge in [0.05, 0.1) is 22.1 Å². The standard InChI is InChI=1S/C30H28FN7/c1-3-19(18-38-14-5-6-15-38)16-20(4-2)22-9-10-23-25(26(22)31)29(37-36-23)30-34-24-11-13-33-27(28(24)35-30)21-8-7-12-32-17-21/h3-4,7-13,16-17H,1,5-6,14-15,18H2,2H3,(H,34,35)(H,36,37)/b19-16+,20-4+. The number of nitrogens with zero attached hydrogens (tertiary/aromatic N) is 5. The van der Waals surface area contributed by atoms with Crippen LogP contribution >= 0.6 is 0 Å². The molecule has 0 aliphatic carbocycles. The second kappa shape index (κ2) is 10.1. The maximum atomic E-state index is 16.2. The van der Waals surface area contributed by atoms with E-state index in [1.54, 1.807) is 24.7 Å². The van der Waals surface area contributed by atoms with Crippen LogP contribution in [0.5, 0.6) is 0 Å². The monoisotopic (exact) mass is 505 g/mol. The van der Waals surface area contributed by atoms with Gasteiger partial charge in [-0.1, -0.05) is 24.8 Å². The van der Waals surface area contributed by atoms with Crippen molar-refractivity contribution < 1.29 is 4.39 Å². The molecule has 5 aromatic rings. The van der Waals surface area contributed by atoms with Gasteiger partial charge in [0, 0.05) is 36.3 Å². The zero-order chi connectivity index (χ0) is 26.1. The van der Waals surface area contributed by atoms with Gasteiger partial charge in [0.15, 0.2) is 5.82 Å². The summed E-state index contributed by atoms with van der Waals surface area (Å²) in [5.74, 6) is 0.130. The van der Waals surface area contributed by atoms with Crippen LogP contribution in [0, 0.1) is 5.82 Å². The normalized spacial score (nSPS) is 15.1. The van der Waals surface area contributed by atoms with Gasteiger partial charge in [-0.05, 0) is 74.3 Å². The largest absolute Gasteiger partial charge is 0.336 e. The summed E-state index contributed by atoms with van der Waals surface area (Å²) in [5, 5.41) is 7.81. The maximum absolute atomic E-state index is 16.2. The number of pyridine rings is 2. The summed E-state index contributed by atoms with van der Waals surface area (Å²) in [6, 6.07) is 9.30. The maximum Gasteiger partial charge on any atom is 0.159 e. The Balaban J connectivity index is 1.42. The van der Waals surface area contributed by atoms with Gasteiger partial charge in [0.1, 0.15) is 17.0 Å². The molecule has 7 nitrogen and oxygen atoms in total. The number of benzene rings is 1. The molecule has 1 saturated heterocycles. The SMILES string of the molecule is C=C/C(=C\C(=C/C)c1ccc2[nH]nc(-c3nc4c(-c5cccnc5)nccc4[nH]3)c2c1F)CN1CCCC1. The second-order valence-corrected chi connectivity index (χ2v) is 9.46. The number of halogens is 1. The molecule has 0 radical (unpaired) electrons. The van der Waals surface area contributed by atoms with E-state index in [2.05, 4.69) is 36.6 Å². The second-order valence-electron chi connectivity index (χ2n) is 9.46. The molecule has 1 aliphatic heterocycles. The summed E-state index contributed by atoms with van der Waals surface area (Å²) in [6.07, 6.45) is 13.5. The lowest BCUT2D eigenvalue weighted by molar-refractivity contribution is 0.371. The van der Waals surface area contributed by atoms with E-state index in [1.807, 2.05) is 49.4 Å². The molecule has 8 heteroatoms. The molecular weight excluding hydrogens is 477 g/mol. The third kappa shape index (κ3) is 4.33. The zero-order valence-electron chi connectivity index (χ0n) is 21.2. The molecule has 4 aromatic heterocycles. The Morgan fingerprint density at radius 1 is 1.11 bits per heavy atom. The number of rotatable bonds is 7. The first-order valence-electron chi connectivity index (χ1n) is 12.8. The van der Waals surface area contributed by atoms with Crippen LogP contribution in [0.25, 0.3) is 50.3 Å². The van der Waals surface area contributed by atoms with Crippen LogP contribution in [0.15, 0.2) is 79.3 Å². The molecule has 0 atom stereocenters. The number of imidazole rings is 1. The van der Waals surface area contributed by atoms with Crippen molar-refractivity contribution in [2.45, 2.75) is 19.8 Å². The molecule has 0 saturated carbocycles. The molecular formula is C30H28FN7. The molecule has 1 aromatic carbocycles. The number of hydrogen-bond donors (Lipinski definition) is 2. The number of aromatic amines is 2. The first-order chi connectivity index (χ1) is 18.7. The minimum atomic E-state index is -0.341. The fraction of sp³-hybridized carbons (Fsp3) is 0.200. The van der Waals surface area contributed by atoms with E-state index in [4.69, 9.17) is 4.98 Å². The highest BCUT2D eigenvalue weighted by Crippen LogP contribution is 2.34. The Morgan fingerprint density at radius 3 is 2.74 bits per heavy atom. The summed E-state index contributed by atoms with van der Waals surface area (Å²) < 4.78 is 16.2. The van der Waals surface area contributed by atoms with Crippen LogP contribution in [0.1, 0.15) is 25.3 Å². The predicted molar refractivity (Wildman–Crippen MR) is 150 cm³/mol. The molecule has 2 N–H and O–H groups in total. The zero-order valence-corrected chi connectivity index (χ0v) is 21.2. The van der Waals surface area contributed by atoms with E-state index >= 15 is 4.39 Å². The molecule has 38 heavy (non-hydrogen) atoms. The Morgan fingerprint density at radius 2 is 1.97 bits per heavy atom. The van der Waals surface area contributed by atoms with Crippen molar-refractivity contribution in [3.63, 3.8) is 0 Å². The molecule has 1 fully saturated rings. The van der Waals surface area contributed by atoms with Crippen molar-refractivity contribution in [2.24, 2.45) is 0 Å². The van der Waals surface area contributed by atoms with Crippen LogP contribution in [0.4, 0.5) is 4.39 Å². The van der Waals surface area contributed by atoms with Crippen LogP contribution < -0.4 is 0 Å². The molecule has 190 valence electrons. The highest BCUT2D eigenvalue weighted by molar-refractivity contribution is 5.98. The Hall–Kier alpha value is -4.43. The number of fused-ring (bicyclic) bond motifs is 2. The third-order valence-corrected chi connectivity index (χ3v) is 7.06. The molecule has 5 heterocycles. The van der Waals surface area contributed by atoms with Crippen molar-refractivity contribution in [3.05, 3.63) is 90.7 Å². The van der Waals surface area contributed by atoms with Gasteiger partial charge in [-0.25, -0.2) is 9.37 Å². The molecule has 0 bridgehead atoms. The highest BCUT2D eigenvalue weighted by atomic mass is 19.1. The van der Waals surface area contributed by atoms with Gasteiger partial charge in [-0.2, -0.15) is 5.10 Å². The van der Waals surface area contributed by atoms with E-state index < -0.39 is 0 Å². The van der Waals surface area contributed by atoms with E-state index in [0.717, 1.165) is 41.9 Å². The third-order valence-electron chi connectivity index (χ3n) is 7.06. The fourth-order valence-corrected chi connectivity index (χ4v) is 5.11. The van der Waals surface area contributed by atoms with Gasteiger partial charge in [0.2, 0.25) is 0 Å². The number of H-pyrrole nitrogens is 2. The van der Waals surface area contributed by atoms with Gasteiger partial charge >= 0.3 is 0 Å². The molecule has 0 unspecified atom stereocenters. The summed E-state index contributed by atoms with van der Waals surface area (Å²) in [5.41, 5.74) is 6.44. The summed E-state index contributed by atoms with van der Waals surface area (Å²) in [6.45, 7) is 8.91. The Labute approximate surface area is 219 Å². The highest BCUT2D eigenvalue weighted by Gasteiger charge is 2.21. The van der Waals surface area contributed by atoms with Crippen LogP contribution in [0.3, 0.4) is 0 Å². The van der Waals surface area contributed by atoms with Crippen LogP contribution in [-0.2, 0) is 0 Å². The minimum Gasteiger partial charge on any atom is -0.336 e.